The highest BCUT2D eigenvalue weighted by Gasteiger charge is 2.14. The van der Waals surface area contributed by atoms with Crippen LogP contribution in [0.25, 0.3) is 16.9 Å². The van der Waals surface area contributed by atoms with Gasteiger partial charge in [0.05, 0.1) is 19.2 Å². The standard InChI is InChI=1S/C20H17Cl2NO3/c1-26-18-6-2-13(3-7-18)19-8-4-16(5-9-20(24)25)23(19)17-11-14(21)10-15(22)12-17/h2-4,6-8,10-12H,5,9H2,1H3,(H,24,25). The van der Waals surface area contributed by atoms with Gasteiger partial charge in [0.2, 0.25) is 0 Å². The number of ether oxygens (including phenoxy) is 1. The van der Waals surface area contributed by atoms with Crippen LogP contribution in [0, 0.1) is 0 Å². The van der Waals surface area contributed by atoms with Crippen molar-refractivity contribution in [1.29, 1.82) is 0 Å². The van der Waals surface area contributed by atoms with Crippen molar-refractivity contribution in [2.24, 2.45) is 0 Å². The smallest absolute Gasteiger partial charge is 0.303 e. The van der Waals surface area contributed by atoms with Crippen LogP contribution in [0.1, 0.15) is 12.1 Å². The Kier molecular flexibility index (Phi) is 5.55. The highest BCUT2D eigenvalue weighted by molar-refractivity contribution is 6.34. The van der Waals surface area contributed by atoms with E-state index in [0.29, 0.717) is 16.5 Å². The number of carboxylic acids is 1. The van der Waals surface area contributed by atoms with E-state index in [1.54, 1.807) is 13.2 Å². The molecule has 0 fully saturated rings. The summed E-state index contributed by atoms with van der Waals surface area (Å²) < 4.78 is 7.20. The highest BCUT2D eigenvalue weighted by atomic mass is 35.5. The molecule has 0 bridgehead atoms. The van der Waals surface area contributed by atoms with Crippen molar-refractivity contribution in [3.63, 3.8) is 0 Å². The van der Waals surface area contributed by atoms with Crippen LogP contribution >= 0.6 is 23.2 Å². The number of halogens is 2. The molecule has 0 saturated heterocycles. The van der Waals surface area contributed by atoms with E-state index in [-0.39, 0.29) is 6.42 Å². The van der Waals surface area contributed by atoms with Gasteiger partial charge < -0.3 is 14.4 Å². The van der Waals surface area contributed by atoms with Gasteiger partial charge in [-0.25, -0.2) is 0 Å². The Morgan fingerprint density at radius 1 is 1.04 bits per heavy atom. The van der Waals surface area contributed by atoms with Gasteiger partial charge in [-0.1, -0.05) is 23.2 Å². The monoisotopic (exact) mass is 389 g/mol. The van der Waals surface area contributed by atoms with E-state index in [1.165, 1.54) is 0 Å². The zero-order valence-corrected chi connectivity index (χ0v) is 15.6. The molecule has 134 valence electrons. The summed E-state index contributed by atoms with van der Waals surface area (Å²) in [6.07, 6.45) is 0.440. The molecule has 0 spiro atoms. The Balaban J connectivity index is 2.13. The van der Waals surface area contributed by atoms with E-state index >= 15 is 0 Å². The van der Waals surface area contributed by atoms with Crippen molar-refractivity contribution in [2.75, 3.05) is 7.11 Å². The first-order valence-corrected chi connectivity index (χ1v) is 8.77. The molecular weight excluding hydrogens is 373 g/mol. The molecule has 0 amide bonds. The van der Waals surface area contributed by atoms with Crippen molar-refractivity contribution < 1.29 is 14.6 Å². The SMILES string of the molecule is COc1ccc(-c2ccc(CCC(=O)O)n2-c2cc(Cl)cc(Cl)c2)cc1. The predicted molar refractivity (Wildman–Crippen MR) is 104 cm³/mol. The number of hydrogen-bond acceptors (Lipinski definition) is 2. The first kappa shape index (κ1) is 18.4. The quantitative estimate of drug-likeness (QED) is 0.607. The van der Waals surface area contributed by atoms with Crippen molar-refractivity contribution in [3.8, 4) is 22.7 Å². The maximum Gasteiger partial charge on any atom is 0.303 e. The fraction of sp³-hybridized carbons (Fsp3) is 0.150. The highest BCUT2D eigenvalue weighted by Crippen LogP contribution is 2.31. The van der Waals surface area contributed by atoms with Crippen molar-refractivity contribution in [3.05, 3.63) is 70.3 Å². The van der Waals surface area contributed by atoms with E-state index in [9.17, 15) is 4.79 Å². The number of carboxylic acid groups (broad SMARTS) is 1. The van der Waals surface area contributed by atoms with Crippen LogP contribution in [-0.2, 0) is 11.2 Å². The van der Waals surface area contributed by atoms with Gasteiger partial charge in [0, 0.05) is 21.4 Å². The zero-order valence-electron chi connectivity index (χ0n) is 14.1. The van der Waals surface area contributed by atoms with Gasteiger partial charge in [-0.2, -0.15) is 0 Å². The number of carbonyl (C=O) groups is 1. The fourth-order valence-corrected chi connectivity index (χ4v) is 3.38. The number of aryl methyl sites for hydroxylation is 1. The number of benzene rings is 2. The van der Waals surface area contributed by atoms with Crippen molar-refractivity contribution in [1.82, 2.24) is 4.57 Å². The molecule has 6 heteroatoms. The largest absolute Gasteiger partial charge is 0.497 e. The third-order valence-electron chi connectivity index (χ3n) is 4.05. The molecule has 0 aliphatic rings. The Hall–Kier alpha value is -2.43. The summed E-state index contributed by atoms with van der Waals surface area (Å²) in [5, 5.41) is 10.1. The summed E-state index contributed by atoms with van der Waals surface area (Å²) >= 11 is 12.4. The maximum absolute atomic E-state index is 11.0. The van der Waals surface area contributed by atoms with E-state index in [1.807, 2.05) is 53.1 Å². The third kappa shape index (κ3) is 4.03. The molecule has 0 atom stereocenters. The first-order chi connectivity index (χ1) is 12.5. The third-order valence-corrected chi connectivity index (χ3v) is 4.48. The summed E-state index contributed by atoms with van der Waals surface area (Å²) in [5.41, 5.74) is 3.56. The normalized spacial score (nSPS) is 10.7. The lowest BCUT2D eigenvalue weighted by Gasteiger charge is -2.15. The lowest BCUT2D eigenvalue weighted by Crippen LogP contribution is -2.05. The van der Waals surface area contributed by atoms with Crippen molar-refractivity contribution in [2.45, 2.75) is 12.8 Å². The second-order valence-electron chi connectivity index (χ2n) is 5.80. The second-order valence-corrected chi connectivity index (χ2v) is 6.67. The van der Waals surface area contributed by atoms with Crippen LogP contribution in [-0.4, -0.2) is 22.8 Å². The second kappa shape index (κ2) is 7.85. The molecule has 0 saturated carbocycles. The molecule has 0 aliphatic carbocycles. The van der Waals surface area contributed by atoms with Crippen LogP contribution < -0.4 is 4.74 Å². The molecule has 0 aliphatic heterocycles. The summed E-state index contributed by atoms with van der Waals surface area (Å²) in [7, 11) is 1.62. The van der Waals surface area contributed by atoms with Gasteiger partial charge in [-0.05, 0) is 66.6 Å². The summed E-state index contributed by atoms with van der Waals surface area (Å²) in [5.74, 6) is -0.0726. The molecule has 1 heterocycles. The number of hydrogen-bond donors (Lipinski definition) is 1. The van der Waals surface area contributed by atoms with E-state index < -0.39 is 5.97 Å². The molecule has 2 aromatic carbocycles. The lowest BCUT2D eigenvalue weighted by molar-refractivity contribution is -0.136. The molecule has 0 radical (unpaired) electrons. The van der Waals surface area contributed by atoms with Gasteiger partial charge in [-0.3, -0.25) is 4.79 Å². The van der Waals surface area contributed by atoms with E-state index in [2.05, 4.69) is 0 Å². The Bertz CT molecular complexity index is 912. The van der Waals surface area contributed by atoms with E-state index in [4.69, 9.17) is 33.0 Å². The summed E-state index contributed by atoms with van der Waals surface area (Å²) in [6.45, 7) is 0. The Labute approximate surface area is 161 Å². The topological polar surface area (TPSA) is 51.5 Å². The number of nitrogens with zero attached hydrogens (tertiary/aromatic N) is 1. The average Bonchev–Trinajstić information content (AvgIpc) is 3.03. The summed E-state index contributed by atoms with van der Waals surface area (Å²) in [4.78, 5) is 11.0. The molecule has 3 rings (SSSR count). The van der Waals surface area contributed by atoms with Gasteiger partial charge in [-0.15, -0.1) is 0 Å². The van der Waals surface area contributed by atoms with Gasteiger partial charge >= 0.3 is 5.97 Å². The fourth-order valence-electron chi connectivity index (χ4n) is 2.87. The lowest BCUT2D eigenvalue weighted by atomic mass is 10.1. The molecule has 1 N–H and O–H groups in total. The minimum absolute atomic E-state index is 0.0420. The van der Waals surface area contributed by atoms with Crippen LogP contribution in [0.5, 0.6) is 5.75 Å². The Morgan fingerprint density at radius 2 is 1.69 bits per heavy atom. The molecular formula is C20H17Cl2NO3. The molecule has 26 heavy (non-hydrogen) atoms. The van der Waals surface area contributed by atoms with Crippen LogP contribution in [0.4, 0.5) is 0 Å². The van der Waals surface area contributed by atoms with Crippen LogP contribution in [0.15, 0.2) is 54.6 Å². The number of aromatic nitrogens is 1. The number of aliphatic carboxylic acids is 1. The summed E-state index contributed by atoms with van der Waals surface area (Å²) in [6, 6.07) is 16.9. The predicted octanol–water partition coefficient (Wildman–Crippen LogP) is 5.48. The number of methoxy groups -OCH3 is 1. The van der Waals surface area contributed by atoms with Gasteiger partial charge in [0.25, 0.3) is 0 Å². The van der Waals surface area contributed by atoms with E-state index in [0.717, 1.165) is 28.4 Å². The number of rotatable bonds is 6. The minimum atomic E-state index is -0.840. The van der Waals surface area contributed by atoms with Gasteiger partial charge in [0.15, 0.2) is 0 Å². The van der Waals surface area contributed by atoms with Gasteiger partial charge in [0.1, 0.15) is 5.75 Å². The maximum atomic E-state index is 11.0. The first-order valence-electron chi connectivity index (χ1n) is 8.01. The Morgan fingerprint density at radius 3 is 2.27 bits per heavy atom. The zero-order chi connectivity index (χ0) is 18.7. The van der Waals surface area contributed by atoms with Crippen LogP contribution in [0.2, 0.25) is 10.0 Å². The van der Waals surface area contributed by atoms with Crippen molar-refractivity contribution >= 4 is 29.2 Å². The molecule has 1 aromatic heterocycles. The molecule has 3 aromatic rings. The molecule has 4 nitrogen and oxygen atoms in total. The minimum Gasteiger partial charge on any atom is -0.497 e. The van der Waals surface area contributed by atoms with Crippen LogP contribution in [0.3, 0.4) is 0 Å². The average molecular weight is 390 g/mol. The molecule has 0 unspecified atom stereocenters.